The molecule has 1 aliphatic rings. The molecule has 4 heteroatoms. The second kappa shape index (κ2) is 5.48. The minimum absolute atomic E-state index is 0.264. The molecule has 0 bridgehead atoms. The highest BCUT2D eigenvalue weighted by Gasteiger charge is 2.31. The number of piperidine rings is 1. The Labute approximate surface area is 106 Å². The Kier molecular flexibility index (Phi) is 3.97. The van der Waals surface area contributed by atoms with E-state index in [1.165, 1.54) is 6.07 Å². The zero-order chi connectivity index (χ0) is 13.1. The van der Waals surface area contributed by atoms with Crippen LogP contribution in [0.3, 0.4) is 0 Å². The molecule has 0 radical (unpaired) electrons. The average molecular weight is 251 g/mol. The summed E-state index contributed by atoms with van der Waals surface area (Å²) in [4.78, 5) is 13.1. The van der Waals surface area contributed by atoms with Crippen molar-refractivity contribution in [1.29, 1.82) is 0 Å². The van der Waals surface area contributed by atoms with Crippen LogP contribution in [0.4, 0.5) is 4.39 Å². The zero-order valence-electron chi connectivity index (χ0n) is 10.5. The third kappa shape index (κ3) is 2.88. The van der Waals surface area contributed by atoms with E-state index in [2.05, 4.69) is 6.92 Å². The standard InChI is InChI=1S/C14H18FNO2/c1-10-6-7-16(13(8-10)14(17)18)9-11-4-2-3-5-12(11)15/h2-5,10,13H,6-9H2,1H3,(H,17,18)/t10-,13+/m1/s1. The van der Waals surface area contributed by atoms with Gasteiger partial charge in [-0.05, 0) is 31.4 Å². The summed E-state index contributed by atoms with van der Waals surface area (Å²) in [5.41, 5.74) is 0.568. The number of nitrogens with zero attached hydrogens (tertiary/aromatic N) is 1. The van der Waals surface area contributed by atoms with Crippen molar-refractivity contribution >= 4 is 5.97 Å². The van der Waals surface area contributed by atoms with E-state index in [9.17, 15) is 14.3 Å². The Morgan fingerprint density at radius 1 is 1.50 bits per heavy atom. The van der Waals surface area contributed by atoms with Crippen LogP contribution in [0.2, 0.25) is 0 Å². The number of halogens is 1. The van der Waals surface area contributed by atoms with Crippen molar-refractivity contribution in [2.24, 2.45) is 5.92 Å². The molecular weight excluding hydrogens is 233 g/mol. The van der Waals surface area contributed by atoms with E-state index in [1.54, 1.807) is 18.2 Å². The third-order valence-corrected chi connectivity index (χ3v) is 3.59. The Hall–Kier alpha value is -1.42. The second-order valence-corrected chi connectivity index (χ2v) is 5.05. The van der Waals surface area contributed by atoms with E-state index in [-0.39, 0.29) is 5.82 Å². The van der Waals surface area contributed by atoms with Gasteiger partial charge in [-0.25, -0.2) is 4.39 Å². The Bertz CT molecular complexity index is 436. The first-order chi connectivity index (χ1) is 8.58. The van der Waals surface area contributed by atoms with Crippen LogP contribution in [0.1, 0.15) is 25.3 Å². The van der Waals surface area contributed by atoms with Crippen LogP contribution in [-0.2, 0) is 11.3 Å². The summed E-state index contributed by atoms with van der Waals surface area (Å²) in [6, 6.07) is 6.06. The van der Waals surface area contributed by atoms with Gasteiger partial charge in [0.25, 0.3) is 0 Å². The van der Waals surface area contributed by atoms with Gasteiger partial charge in [-0.3, -0.25) is 9.69 Å². The number of rotatable bonds is 3. The van der Waals surface area contributed by atoms with Crippen LogP contribution in [0.5, 0.6) is 0 Å². The SMILES string of the molecule is C[C@@H]1CCN(Cc2ccccc2F)[C@H](C(=O)O)C1. The van der Waals surface area contributed by atoms with Gasteiger partial charge in [0, 0.05) is 12.1 Å². The normalized spacial score (nSPS) is 25.0. The smallest absolute Gasteiger partial charge is 0.320 e. The predicted octanol–water partition coefficient (Wildman–Crippen LogP) is 2.51. The first kappa shape index (κ1) is 13.0. The van der Waals surface area contributed by atoms with Crippen molar-refractivity contribution in [2.75, 3.05) is 6.54 Å². The fourth-order valence-corrected chi connectivity index (χ4v) is 2.48. The van der Waals surface area contributed by atoms with Crippen molar-refractivity contribution in [1.82, 2.24) is 4.90 Å². The first-order valence-electron chi connectivity index (χ1n) is 6.28. The molecule has 1 fully saturated rings. The average Bonchev–Trinajstić information content (AvgIpc) is 2.34. The molecule has 1 aromatic rings. The molecule has 2 atom stereocenters. The van der Waals surface area contributed by atoms with Gasteiger partial charge in [0.05, 0.1) is 0 Å². The number of benzene rings is 1. The summed E-state index contributed by atoms with van der Waals surface area (Å²) >= 11 is 0. The van der Waals surface area contributed by atoms with Crippen LogP contribution < -0.4 is 0 Å². The maximum atomic E-state index is 13.6. The van der Waals surface area contributed by atoms with Crippen molar-refractivity contribution in [3.05, 3.63) is 35.6 Å². The fraction of sp³-hybridized carbons (Fsp3) is 0.500. The van der Waals surface area contributed by atoms with Crippen LogP contribution >= 0.6 is 0 Å². The molecule has 0 saturated carbocycles. The molecule has 0 aliphatic carbocycles. The molecule has 1 heterocycles. The number of hydrogen-bond acceptors (Lipinski definition) is 2. The van der Waals surface area contributed by atoms with Crippen LogP contribution in [-0.4, -0.2) is 28.6 Å². The molecule has 0 spiro atoms. The molecule has 2 rings (SSSR count). The fourth-order valence-electron chi connectivity index (χ4n) is 2.48. The largest absolute Gasteiger partial charge is 0.480 e. The van der Waals surface area contributed by atoms with E-state index >= 15 is 0 Å². The predicted molar refractivity (Wildman–Crippen MR) is 66.6 cm³/mol. The van der Waals surface area contributed by atoms with Gasteiger partial charge in [0.1, 0.15) is 11.9 Å². The Balaban J connectivity index is 2.12. The topological polar surface area (TPSA) is 40.5 Å². The van der Waals surface area contributed by atoms with Gasteiger partial charge in [-0.15, -0.1) is 0 Å². The van der Waals surface area contributed by atoms with Crippen molar-refractivity contribution in [3.8, 4) is 0 Å². The first-order valence-corrected chi connectivity index (χ1v) is 6.28. The van der Waals surface area contributed by atoms with Crippen LogP contribution in [0.15, 0.2) is 24.3 Å². The minimum Gasteiger partial charge on any atom is -0.480 e. The van der Waals surface area contributed by atoms with Crippen LogP contribution in [0, 0.1) is 11.7 Å². The zero-order valence-corrected chi connectivity index (χ0v) is 10.5. The lowest BCUT2D eigenvalue weighted by molar-refractivity contribution is -0.145. The molecule has 18 heavy (non-hydrogen) atoms. The number of hydrogen-bond donors (Lipinski definition) is 1. The number of aliphatic carboxylic acids is 1. The second-order valence-electron chi connectivity index (χ2n) is 5.05. The van der Waals surface area contributed by atoms with Gasteiger partial charge in [-0.2, -0.15) is 0 Å². The van der Waals surface area contributed by atoms with Gasteiger partial charge in [-0.1, -0.05) is 25.1 Å². The molecule has 0 unspecified atom stereocenters. The Morgan fingerprint density at radius 3 is 2.89 bits per heavy atom. The summed E-state index contributed by atoms with van der Waals surface area (Å²) in [6.07, 6.45) is 1.61. The van der Waals surface area contributed by atoms with Crippen molar-refractivity contribution < 1.29 is 14.3 Å². The lowest BCUT2D eigenvalue weighted by Gasteiger charge is -2.36. The summed E-state index contributed by atoms with van der Waals surface area (Å²) in [6.45, 7) is 3.15. The molecule has 3 nitrogen and oxygen atoms in total. The van der Waals surface area contributed by atoms with Crippen molar-refractivity contribution in [2.45, 2.75) is 32.4 Å². The van der Waals surface area contributed by atoms with E-state index in [0.717, 1.165) is 6.42 Å². The number of likely N-dealkylation sites (tertiary alicyclic amines) is 1. The summed E-state index contributed by atoms with van der Waals surface area (Å²) in [5.74, 6) is -0.652. The van der Waals surface area contributed by atoms with Gasteiger partial charge < -0.3 is 5.11 Å². The van der Waals surface area contributed by atoms with Gasteiger partial charge in [0.2, 0.25) is 0 Å². The number of carboxylic acids is 1. The van der Waals surface area contributed by atoms with E-state index < -0.39 is 12.0 Å². The van der Waals surface area contributed by atoms with Crippen molar-refractivity contribution in [3.63, 3.8) is 0 Å². The number of carboxylic acid groups (broad SMARTS) is 1. The highest BCUT2D eigenvalue weighted by Crippen LogP contribution is 2.24. The third-order valence-electron chi connectivity index (χ3n) is 3.59. The number of carbonyl (C=O) groups is 1. The van der Waals surface area contributed by atoms with Gasteiger partial charge >= 0.3 is 5.97 Å². The van der Waals surface area contributed by atoms with E-state index in [1.807, 2.05) is 4.90 Å². The molecule has 0 aromatic heterocycles. The Morgan fingerprint density at radius 2 is 2.22 bits per heavy atom. The molecule has 1 aromatic carbocycles. The lowest BCUT2D eigenvalue weighted by Crippen LogP contribution is -2.46. The van der Waals surface area contributed by atoms with Crippen LogP contribution in [0.25, 0.3) is 0 Å². The van der Waals surface area contributed by atoms with Gasteiger partial charge in [0.15, 0.2) is 0 Å². The molecule has 1 N–H and O–H groups in total. The summed E-state index contributed by atoms with van der Waals surface area (Å²) < 4.78 is 13.6. The molecule has 0 amide bonds. The molecular formula is C14H18FNO2. The quantitative estimate of drug-likeness (QED) is 0.897. The summed E-state index contributed by atoms with van der Waals surface area (Å²) in [7, 11) is 0. The monoisotopic (exact) mass is 251 g/mol. The lowest BCUT2D eigenvalue weighted by atomic mass is 9.92. The van der Waals surface area contributed by atoms with E-state index in [0.29, 0.717) is 31.0 Å². The van der Waals surface area contributed by atoms with E-state index in [4.69, 9.17) is 0 Å². The maximum Gasteiger partial charge on any atom is 0.320 e. The minimum atomic E-state index is -0.808. The maximum absolute atomic E-state index is 13.6. The summed E-state index contributed by atoms with van der Waals surface area (Å²) in [5, 5.41) is 9.24. The highest BCUT2D eigenvalue weighted by atomic mass is 19.1. The molecule has 1 aliphatic heterocycles. The highest BCUT2D eigenvalue weighted by molar-refractivity contribution is 5.73. The molecule has 1 saturated heterocycles. The molecule has 98 valence electrons.